The van der Waals surface area contributed by atoms with Crippen LogP contribution in [0.15, 0.2) is 42.6 Å². The van der Waals surface area contributed by atoms with Gasteiger partial charge in [-0.1, -0.05) is 12.1 Å². The molecule has 112 valence electrons. The SMILES string of the molecule is CN(C)C(=O)c1cccnc1C(O)Cc1ccc(C#N)cc1. The topological polar surface area (TPSA) is 77.2 Å². The van der Waals surface area contributed by atoms with Crippen molar-refractivity contribution in [2.24, 2.45) is 0 Å². The van der Waals surface area contributed by atoms with Crippen molar-refractivity contribution in [3.05, 3.63) is 65.0 Å². The molecular weight excluding hydrogens is 278 g/mol. The van der Waals surface area contributed by atoms with Crippen LogP contribution in [0, 0.1) is 11.3 Å². The number of amides is 1. The number of carbonyl (C=O) groups is 1. The second kappa shape index (κ2) is 6.83. The molecule has 0 radical (unpaired) electrons. The van der Waals surface area contributed by atoms with Gasteiger partial charge in [-0.2, -0.15) is 5.26 Å². The lowest BCUT2D eigenvalue weighted by atomic mass is 10.0. The Balaban J connectivity index is 2.24. The van der Waals surface area contributed by atoms with Gasteiger partial charge in [-0.15, -0.1) is 0 Å². The Bertz CT molecular complexity index is 703. The smallest absolute Gasteiger partial charge is 0.255 e. The predicted octanol–water partition coefficient (Wildman–Crippen LogP) is 1.93. The molecular formula is C17H17N3O2. The molecule has 0 aliphatic heterocycles. The van der Waals surface area contributed by atoms with E-state index >= 15 is 0 Å². The lowest BCUT2D eigenvalue weighted by molar-refractivity contribution is 0.0818. The molecule has 0 aliphatic carbocycles. The Morgan fingerprint density at radius 1 is 1.32 bits per heavy atom. The number of nitrogens with zero attached hydrogens (tertiary/aromatic N) is 3. The van der Waals surface area contributed by atoms with Crippen LogP contribution in [-0.2, 0) is 6.42 Å². The maximum absolute atomic E-state index is 12.1. The predicted molar refractivity (Wildman–Crippen MR) is 82.1 cm³/mol. The van der Waals surface area contributed by atoms with Gasteiger partial charge < -0.3 is 10.0 Å². The first-order valence-corrected chi connectivity index (χ1v) is 6.86. The van der Waals surface area contributed by atoms with Crippen LogP contribution in [0.3, 0.4) is 0 Å². The van der Waals surface area contributed by atoms with Gasteiger partial charge >= 0.3 is 0 Å². The van der Waals surface area contributed by atoms with Crippen LogP contribution in [-0.4, -0.2) is 35.0 Å². The lowest BCUT2D eigenvalue weighted by Gasteiger charge is -2.17. The number of benzene rings is 1. The summed E-state index contributed by atoms with van der Waals surface area (Å²) in [4.78, 5) is 17.8. The molecule has 1 aromatic heterocycles. The summed E-state index contributed by atoms with van der Waals surface area (Å²) in [5.74, 6) is -0.193. The summed E-state index contributed by atoms with van der Waals surface area (Å²) in [7, 11) is 3.32. The Hall–Kier alpha value is -2.71. The van der Waals surface area contributed by atoms with Crippen LogP contribution >= 0.6 is 0 Å². The molecule has 2 aromatic rings. The third-order valence-corrected chi connectivity index (χ3v) is 3.30. The Labute approximate surface area is 129 Å². The average molecular weight is 295 g/mol. The summed E-state index contributed by atoms with van der Waals surface area (Å²) < 4.78 is 0. The number of hydrogen-bond donors (Lipinski definition) is 1. The quantitative estimate of drug-likeness (QED) is 0.935. The van der Waals surface area contributed by atoms with Crippen molar-refractivity contribution in [1.29, 1.82) is 5.26 Å². The molecule has 1 atom stereocenters. The Kier molecular flexibility index (Phi) is 4.87. The van der Waals surface area contributed by atoms with E-state index in [1.807, 2.05) is 0 Å². The van der Waals surface area contributed by atoms with Crippen molar-refractivity contribution in [1.82, 2.24) is 9.88 Å². The highest BCUT2D eigenvalue weighted by Crippen LogP contribution is 2.21. The number of aliphatic hydroxyl groups is 1. The first-order valence-electron chi connectivity index (χ1n) is 6.86. The zero-order chi connectivity index (χ0) is 16.1. The molecule has 1 unspecified atom stereocenters. The highest BCUT2D eigenvalue weighted by molar-refractivity contribution is 5.95. The molecule has 0 aliphatic rings. The number of aliphatic hydroxyl groups excluding tert-OH is 1. The molecule has 1 N–H and O–H groups in total. The minimum Gasteiger partial charge on any atom is -0.386 e. The van der Waals surface area contributed by atoms with Crippen LogP contribution < -0.4 is 0 Å². The van der Waals surface area contributed by atoms with Crippen molar-refractivity contribution in [2.75, 3.05) is 14.1 Å². The summed E-state index contributed by atoms with van der Waals surface area (Å²) in [6.45, 7) is 0. The van der Waals surface area contributed by atoms with E-state index in [9.17, 15) is 9.90 Å². The molecule has 2 rings (SSSR count). The van der Waals surface area contributed by atoms with Gasteiger partial charge in [-0.25, -0.2) is 0 Å². The number of carbonyl (C=O) groups excluding carboxylic acids is 1. The van der Waals surface area contributed by atoms with Crippen molar-refractivity contribution < 1.29 is 9.90 Å². The van der Waals surface area contributed by atoms with Crippen molar-refractivity contribution in [3.63, 3.8) is 0 Å². The normalized spacial score (nSPS) is 11.5. The van der Waals surface area contributed by atoms with Crippen molar-refractivity contribution in [2.45, 2.75) is 12.5 Å². The second-order valence-corrected chi connectivity index (χ2v) is 5.16. The van der Waals surface area contributed by atoms with Crippen LogP contribution in [0.4, 0.5) is 0 Å². The lowest BCUT2D eigenvalue weighted by Crippen LogP contribution is -2.24. The number of rotatable bonds is 4. The fourth-order valence-corrected chi connectivity index (χ4v) is 2.14. The summed E-state index contributed by atoms with van der Waals surface area (Å²) in [5.41, 5.74) is 2.21. The first-order chi connectivity index (χ1) is 10.5. The summed E-state index contributed by atoms with van der Waals surface area (Å²) in [6, 6.07) is 12.4. The molecule has 1 heterocycles. The minimum absolute atomic E-state index is 0.193. The third kappa shape index (κ3) is 3.48. The maximum atomic E-state index is 12.1. The van der Waals surface area contributed by atoms with Gasteiger partial charge in [-0.3, -0.25) is 9.78 Å². The monoisotopic (exact) mass is 295 g/mol. The van der Waals surface area contributed by atoms with Crippen molar-refractivity contribution >= 4 is 5.91 Å². The molecule has 1 aromatic carbocycles. The van der Waals surface area contributed by atoms with E-state index in [0.717, 1.165) is 5.56 Å². The molecule has 0 fully saturated rings. The average Bonchev–Trinajstić information content (AvgIpc) is 2.54. The summed E-state index contributed by atoms with van der Waals surface area (Å²) in [5, 5.41) is 19.2. The number of hydrogen-bond acceptors (Lipinski definition) is 4. The number of aromatic nitrogens is 1. The zero-order valence-electron chi connectivity index (χ0n) is 12.5. The van der Waals surface area contributed by atoms with E-state index in [2.05, 4.69) is 11.1 Å². The maximum Gasteiger partial charge on any atom is 0.255 e. The molecule has 5 nitrogen and oxygen atoms in total. The Morgan fingerprint density at radius 2 is 2.00 bits per heavy atom. The number of nitriles is 1. The zero-order valence-corrected chi connectivity index (χ0v) is 12.5. The summed E-state index contributed by atoms with van der Waals surface area (Å²) >= 11 is 0. The fraction of sp³-hybridized carbons (Fsp3) is 0.235. The van der Waals surface area contributed by atoms with Crippen molar-refractivity contribution in [3.8, 4) is 6.07 Å². The third-order valence-electron chi connectivity index (χ3n) is 3.30. The summed E-state index contributed by atoms with van der Waals surface area (Å²) in [6.07, 6.45) is 1.01. The molecule has 1 amide bonds. The van der Waals surface area contributed by atoms with Crippen LogP contribution in [0.25, 0.3) is 0 Å². The highest BCUT2D eigenvalue weighted by Gasteiger charge is 2.20. The fourth-order valence-electron chi connectivity index (χ4n) is 2.14. The van der Waals surface area contributed by atoms with Crippen LogP contribution in [0.5, 0.6) is 0 Å². The van der Waals surface area contributed by atoms with E-state index in [1.54, 1.807) is 56.7 Å². The van der Waals surface area contributed by atoms with Crippen LogP contribution in [0.1, 0.15) is 33.3 Å². The van der Waals surface area contributed by atoms with E-state index in [1.165, 1.54) is 4.90 Å². The molecule has 0 saturated carbocycles. The molecule has 0 spiro atoms. The molecule has 5 heteroatoms. The second-order valence-electron chi connectivity index (χ2n) is 5.16. The number of pyridine rings is 1. The van der Waals surface area contributed by atoms with E-state index in [0.29, 0.717) is 23.2 Å². The van der Waals surface area contributed by atoms with Gasteiger partial charge in [0.1, 0.15) is 6.10 Å². The van der Waals surface area contributed by atoms with Gasteiger partial charge in [0, 0.05) is 26.7 Å². The standard InChI is InChI=1S/C17H17N3O2/c1-20(2)17(22)14-4-3-9-19-16(14)15(21)10-12-5-7-13(11-18)8-6-12/h3-9,15,21H,10H2,1-2H3. The van der Waals surface area contributed by atoms with Gasteiger partial charge in [0.2, 0.25) is 0 Å². The molecule has 22 heavy (non-hydrogen) atoms. The van der Waals surface area contributed by atoms with E-state index in [-0.39, 0.29) is 5.91 Å². The minimum atomic E-state index is -0.881. The van der Waals surface area contributed by atoms with Crippen LogP contribution in [0.2, 0.25) is 0 Å². The van der Waals surface area contributed by atoms with Gasteiger partial charge in [-0.05, 0) is 29.8 Å². The highest BCUT2D eigenvalue weighted by atomic mass is 16.3. The van der Waals surface area contributed by atoms with E-state index in [4.69, 9.17) is 5.26 Å². The van der Waals surface area contributed by atoms with Gasteiger partial charge in [0.25, 0.3) is 5.91 Å². The molecule has 0 bridgehead atoms. The largest absolute Gasteiger partial charge is 0.386 e. The Morgan fingerprint density at radius 3 is 2.59 bits per heavy atom. The van der Waals surface area contributed by atoms with E-state index < -0.39 is 6.10 Å². The molecule has 0 saturated heterocycles. The van der Waals surface area contributed by atoms with Gasteiger partial charge in [0.05, 0.1) is 22.9 Å². The first kappa shape index (κ1) is 15.7. The van der Waals surface area contributed by atoms with Gasteiger partial charge in [0.15, 0.2) is 0 Å².